The van der Waals surface area contributed by atoms with Crippen LogP contribution in [0.5, 0.6) is 0 Å². The van der Waals surface area contributed by atoms with Gasteiger partial charge in [-0.1, -0.05) is 0 Å². The van der Waals surface area contributed by atoms with Gasteiger partial charge in [-0.2, -0.15) is 0 Å². The molecule has 0 amide bonds. The lowest BCUT2D eigenvalue weighted by molar-refractivity contribution is 0.583. The maximum absolute atomic E-state index is 12.3. The van der Waals surface area contributed by atoms with E-state index in [1.54, 1.807) is 18.2 Å². The number of fused-ring (bicyclic) bond motifs is 1. The second kappa shape index (κ2) is 5.25. The molecule has 1 aliphatic heterocycles. The van der Waals surface area contributed by atoms with Crippen LogP contribution in [0.25, 0.3) is 0 Å². The van der Waals surface area contributed by atoms with E-state index in [1.807, 2.05) is 0 Å². The van der Waals surface area contributed by atoms with Crippen molar-refractivity contribution in [3.63, 3.8) is 0 Å². The average Bonchev–Trinajstić information content (AvgIpc) is 2.34. The number of aryl methyl sites for hydroxylation is 1. The van der Waals surface area contributed by atoms with E-state index >= 15 is 0 Å². The van der Waals surface area contributed by atoms with Crippen LogP contribution in [-0.4, -0.2) is 41.1 Å². The molecule has 20 heavy (non-hydrogen) atoms. The highest BCUT2D eigenvalue weighted by Gasteiger charge is 2.28. The lowest BCUT2D eigenvalue weighted by Gasteiger charge is -2.30. The number of hydrogen-bond donors (Lipinski definition) is 1. The van der Waals surface area contributed by atoms with Crippen molar-refractivity contribution in [2.24, 2.45) is 0 Å². The largest absolute Gasteiger partial charge is 0.399 e. The molecule has 112 valence electrons. The first-order chi connectivity index (χ1) is 9.19. The molecule has 1 aliphatic rings. The van der Waals surface area contributed by atoms with Crippen molar-refractivity contribution >= 4 is 31.2 Å². The van der Waals surface area contributed by atoms with Gasteiger partial charge in [0.05, 0.1) is 17.2 Å². The summed E-state index contributed by atoms with van der Waals surface area (Å²) in [6.07, 6.45) is 2.51. The smallest absolute Gasteiger partial charge is 0.236 e. The quantitative estimate of drug-likeness (QED) is 0.810. The first-order valence-corrected chi connectivity index (χ1v) is 9.92. The molecule has 0 unspecified atom stereocenters. The number of hydrogen-bond acceptors (Lipinski definition) is 5. The molecule has 2 N–H and O–H groups in total. The summed E-state index contributed by atoms with van der Waals surface area (Å²) in [7, 11) is -6.94. The van der Waals surface area contributed by atoms with Crippen LogP contribution in [0.1, 0.15) is 12.0 Å². The van der Waals surface area contributed by atoms with Gasteiger partial charge in [0.15, 0.2) is 0 Å². The van der Waals surface area contributed by atoms with Crippen LogP contribution >= 0.6 is 0 Å². The molecule has 0 bridgehead atoms. The molecular formula is C12H18N2O4S2. The summed E-state index contributed by atoms with van der Waals surface area (Å²) in [6.45, 7) is 0.378. The van der Waals surface area contributed by atoms with E-state index in [2.05, 4.69) is 0 Å². The molecule has 1 aromatic rings. The van der Waals surface area contributed by atoms with Gasteiger partial charge in [0.2, 0.25) is 10.0 Å². The number of sulfonamides is 1. The highest BCUT2D eigenvalue weighted by atomic mass is 32.2. The van der Waals surface area contributed by atoms with Gasteiger partial charge in [-0.05, 0) is 36.6 Å². The molecule has 0 atom stereocenters. The van der Waals surface area contributed by atoms with Crippen molar-refractivity contribution in [1.82, 2.24) is 0 Å². The Labute approximate surface area is 119 Å². The summed E-state index contributed by atoms with van der Waals surface area (Å²) in [4.78, 5) is 0. The Balaban J connectivity index is 2.31. The number of nitrogens with two attached hydrogens (primary N) is 1. The molecule has 2 rings (SSSR count). The van der Waals surface area contributed by atoms with E-state index in [9.17, 15) is 16.8 Å². The summed E-state index contributed by atoms with van der Waals surface area (Å²) in [5.74, 6) is -0.758. The number of nitrogen functional groups attached to an aromatic ring is 1. The minimum Gasteiger partial charge on any atom is -0.399 e. The molecule has 1 aromatic carbocycles. The Morgan fingerprint density at radius 1 is 1.20 bits per heavy atom. The van der Waals surface area contributed by atoms with E-state index in [4.69, 9.17) is 5.73 Å². The van der Waals surface area contributed by atoms with Gasteiger partial charge in [0, 0.05) is 18.5 Å². The fraction of sp³-hybridized carbons (Fsp3) is 0.500. The minimum absolute atomic E-state index is 0.365. The highest BCUT2D eigenvalue weighted by molar-refractivity contribution is 7.95. The summed E-state index contributed by atoms with van der Waals surface area (Å²) >= 11 is 0. The molecule has 1 heterocycles. The third-order valence-electron chi connectivity index (χ3n) is 3.23. The molecule has 6 nitrogen and oxygen atoms in total. The Bertz CT molecular complexity index is 711. The van der Waals surface area contributed by atoms with Crippen molar-refractivity contribution < 1.29 is 16.8 Å². The van der Waals surface area contributed by atoms with Crippen LogP contribution in [0, 0.1) is 0 Å². The minimum atomic E-state index is -3.63. The molecule has 0 saturated heterocycles. The summed E-state index contributed by atoms with van der Waals surface area (Å²) < 4.78 is 48.2. The van der Waals surface area contributed by atoms with Crippen LogP contribution in [-0.2, 0) is 26.3 Å². The summed E-state index contributed by atoms with van der Waals surface area (Å²) in [5, 5.41) is 0. The Morgan fingerprint density at radius 3 is 2.55 bits per heavy atom. The van der Waals surface area contributed by atoms with Gasteiger partial charge < -0.3 is 5.73 Å². The molecule has 0 aromatic heterocycles. The van der Waals surface area contributed by atoms with Gasteiger partial charge >= 0.3 is 0 Å². The van der Waals surface area contributed by atoms with Crippen LogP contribution < -0.4 is 10.0 Å². The van der Waals surface area contributed by atoms with Crippen molar-refractivity contribution in [3.8, 4) is 0 Å². The number of anilines is 2. The maximum atomic E-state index is 12.3. The zero-order chi connectivity index (χ0) is 15.0. The fourth-order valence-electron chi connectivity index (χ4n) is 2.24. The predicted octanol–water partition coefficient (Wildman–Crippen LogP) is 0.396. The molecule has 0 saturated carbocycles. The van der Waals surface area contributed by atoms with E-state index in [1.165, 1.54) is 4.31 Å². The lowest BCUT2D eigenvalue weighted by atomic mass is 10.0. The second-order valence-electron chi connectivity index (χ2n) is 5.01. The first kappa shape index (κ1) is 15.1. The van der Waals surface area contributed by atoms with Crippen molar-refractivity contribution in [2.75, 3.05) is 34.3 Å². The summed E-state index contributed by atoms with van der Waals surface area (Å²) in [5.41, 5.74) is 7.80. The Kier molecular flexibility index (Phi) is 3.97. The maximum Gasteiger partial charge on any atom is 0.236 e. The Morgan fingerprint density at radius 2 is 1.90 bits per heavy atom. The van der Waals surface area contributed by atoms with Gasteiger partial charge in [-0.25, -0.2) is 16.8 Å². The van der Waals surface area contributed by atoms with Gasteiger partial charge in [-0.3, -0.25) is 4.31 Å². The van der Waals surface area contributed by atoms with E-state index < -0.39 is 25.6 Å². The highest BCUT2D eigenvalue weighted by Crippen LogP contribution is 2.31. The first-order valence-electron chi connectivity index (χ1n) is 6.25. The van der Waals surface area contributed by atoms with Crippen LogP contribution in [0.4, 0.5) is 11.4 Å². The van der Waals surface area contributed by atoms with Gasteiger partial charge in [-0.15, -0.1) is 0 Å². The Hall–Kier alpha value is -1.28. The van der Waals surface area contributed by atoms with Crippen molar-refractivity contribution in [1.29, 1.82) is 0 Å². The zero-order valence-corrected chi connectivity index (χ0v) is 12.9. The number of benzene rings is 1. The van der Waals surface area contributed by atoms with Gasteiger partial charge in [0.1, 0.15) is 9.84 Å². The van der Waals surface area contributed by atoms with Gasteiger partial charge in [0.25, 0.3) is 0 Å². The van der Waals surface area contributed by atoms with E-state index in [-0.39, 0.29) is 5.75 Å². The van der Waals surface area contributed by atoms with E-state index in [0.29, 0.717) is 24.3 Å². The third-order valence-corrected chi connectivity index (χ3v) is 6.20. The summed E-state index contributed by atoms with van der Waals surface area (Å²) in [6, 6.07) is 5.11. The third kappa shape index (κ3) is 3.43. The standard InChI is InChI=1S/C12H18N2O4S2/c1-19(15,16)7-8-20(17,18)14-6-2-3-10-9-11(13)4-5-12(10)14/h4-5,9H,2-3,6-8,13H2,1H3. The number of nitrogens with zero attached hydrogens (tertiary/aromatic N) is 1. The molecular weight excluding hydrogens is 300 g/mol. The average molecular weight is 318 g/mol. The van der Waals surface area contributed by atoms with Crippen LogP contribution in [0.15, 0.2) is 18.2 Å². The van der Waals surface area contributed by atoms with Crippen molar-refractivity contribution in [2.45, 2.75) is 12.8 Å². The zero-order valence-electron chi connectivity index (χ0n) is 11.2. The number of sulfone groups is 1. The second-order valence-corrected chi connectivity index (χ2v) is 9.28. The molecule has 0 aliphatic carbocycles. The number of rotatable bonds is 4. The lowest BCUT2D eigenvalue weighted by Crippen LogP contribution is -2.38. The monoisotopic (exact) mass is 318 g/mol. The molecule has 0 fully saturated rings. The molecule has 0 radical (unpaired) electrons. The van der Waals surface area contributed by atoms with Crippen LogP contribution in [0.3, 0.4) is 0 Å². The SMILES string of the molecule is CS(=O)(=O)CCS(=O)(=O)N1CCCc2cc(N)ccc21. The predicted molar refractivity (Wildman–Crippen MR) is 80.0 cm³/mol. The van der Waals surface area contributed by atoms with Crippen LogP contribution in [0.2, 0.25) is 0 Å². The normalized spacial score (nSPS) is 15.9. The topological polar surface area (TPSA) is 97.5 Å². The van der Waals surface area contributed by atoms with Crippen molar-refractivity contribution in [3.05, 3.63) is 23.8 Å². The fourth-order valence-corrected chi connectivity index (χ4v) is 5.40. The van der Waals surface area contributed by atoms with E-state index in [0.717, 1.165) is 18.2 Å². The molecule has 8 heteroatoms. The molecule has 0 spiro atoms.